The number of nitrogens with zero attached hydrogens (tertiary/aromatic N) is 7. The molecule has 0 aliphatic carbocycles. The second kappa shape index (κ2) is 17.1. The zero-order chi connectivity index (χ0) is 45.8. The molecule has 3 aliphatic rings. The van der Waals surface area contributed by atoms with E-state index < -0.39 is 23.3 Å². The average molecular weight is 899 g/mol. The number of aromatic nitrogens is 4. The summed E-state index contributed by atoms with van der Waals surface area (Å²) in [5.41, 5.74) is 3.33. The highest BCUT2D eigenvalue weighted by Crippen LogP contribution is 2.43. The third kappa shape index (κ3) is 8.72. The van der Waals surface area contributed by atoms with Crippen molar-refractivity contribution in [3.05, 3.63) is 94.4 Å². The molecule has 6 aromatic rings. The minimum Gasteiger partial charge on any atom is -0.495 e. The van der Waals surface area contributed by atoms with Crippen molar-refractivity contribution < 1.29 is 36.6 Å². The van der Waals surface area contributed by atoms with Crippen molar-refractivity contribution in [2.75, 3.05) is 66.5 Å². The number of ether oxygens (including phenoxy) is 2. The first-order valence-electron chi connectivity index (χ1n) is 20.8. The van der Waals surface area contributed by atoms with Crippen LogP contribution < -0.4 is 24.8 Å². The van der Waals surface area contributed by atoms with Gasteiger partial charge in [-0.1, -0.05) is 39.3 Å². The molecule has 0 bridgehead atoms. The molecule has 3 aliphatic heterocycles. The second-order valence-corrected chi connectivity index (χ2v) is 18.3. The van der Waals surface area contributed by atoms with Gasteiger partial charge in [-0.3, -0.25) is 24.4 Å². The van der Waals surface area contributed by atoms with Crippen LogP contribution in [0.1, 0.15) is 51.7 Å². The van der Waals surface area contributed by atoms with E-state index in [0.29, 0.717) is 97.7 Å². The van der Waals surface area contributed by atoms with Crippen LogP contribution in [0.15, 0.2) is 55.0 Å². The SMILES string of the molecule is COc1cncc(-c2cnc(N3CCOCC3)cc2Nc2c(C)c(N3CC(C)(C)CC3=O)nc3cc(F)cc(F)c23)c1.Cc1c(N2CC(C)(C)CC2=O)nc2cc(F)cc(F)c2c1Cl. The highest BCUT2D eigenvalue weighted by atomic mass is 35.5. The Morgan fingerprint density at radius 1 is 0.750 bits per heavy atom. The predicted molar refractivity (Wildman–Crippen MR) is 240 cm³/mol. The number of hydrogen-bond donors (Lipinski definition) is 1. The molecule has 17 heteroatoms. The van der Waals surface area contributed by atoms with Crippen LogP contribution in [-0.2, 0) is 14.3 Å². The minimum absolute atomic E-state index is 0.0621. The van der Waals surface area contributed by atoms with Crippen LogP contribution in [0.5, 0.6) is 5.75 Å². The van der Waals surface area contributed by atoms with Gasteiger partial charge in [0, 0.05) is 104 Å². The fourth-order valence-corrected chi connectivity index (χ4v) is 8.79. The van der Waals surface area contributed by atoms with E-state index in [4.69, 9.17) is 26.1 Å². The van der Waals surface area contributed by atoms with Crippen molar-refractivity contribution in [3.8, 4) is 16.9 Å². The number of anilines is 5. The standard InChI is InChI=1S/C31H32F2N6O3.C16H15ClF2N2O/c1-18-29(28-23(33)10-20(32)11-25(28)37-30(18)39-17-31(2,3)13-27(39)40)36-24-12-26(38-5-7-42-8-6-38)35-16-22(24)19-9-21(41-4)15-34-14-19;1-8-14(17)13-10(19)4-9(18)5-11(13)20-15(8)21-7-16(2,3)6-12(21)22/h9-12,14-16H,5-8,13,17H2,1-4H3,(H,35,36,37);4-5H,6-7H2,1-3H3. The number of amides is 2. The van der Waals surface area contributed by atoms with Gasteiger partial charge in [0.05, 0.1) is 64.7 Å². The van der Waals surface area contributed by atoms with E-state index in [0.717, 1.165) is 29.6 Å². The van der Waals surface area contributed by atoms with Gasteiger partial charge in [0.1, 0.15) is 46.5 Å². The Balaban J connectivity index is 0.000000214. The summed E-state index contributed by atoms with van der Waals surface area (Å²) in [6, 6.07) is 7.68. The van der Waals surface area contributed by atoms with Crippen molar-refractivity contribution in [1.82, 2.24) is 19.9 Å². The number of rotatable bonds is 7. The normalized spacial score (nSPS) is 17.0. The maximum atomic E-state index is 15.5. The van der Waals surface area contributed by atoms with E-state index in [-0.39, 0.29) is 49.5 Å². The summed E-state index contributed by atoms with van der Waals surface area (Å²) in [5, 5.41) is 3.82. The molecule has 0 unspecified atom stereocenters. The highest BCUT2D eigenvalue weighted by molar-refractivity contribution is 6.36. The number of fused-ring (bicyclic) bond motifs is 2. The number of carbonyl (C=O) groups excluding carboxylic acids is 2. The van der Waals surface area contributed by atoms with Gasteiger partial charge in [-0.05, 0) is 30.7 Å². The number of nitrogens with one attached hydrogen (secondary N) is 1. The van der Waals surface area contributed by atoms with Crippen LogP contribution >= 0.6 is 11.6 Å². The monoisotopic (exact) mass is 898 g/mol. The third-order valence-electron chi connectivity index (χ3n) is 11.7. The molecular weight excluding hydrogens is 852 g/mol. The van der Waals surface area contributed by atoms with E-state index in [1.54, 1.807) is 49.3 Å². The number of halogens is 5. The van der Waals surface area contributed by atoms with E-state index in [2.05, 4.69) is 25.2 Å². The van der Waals surface area contributed by atoms with Gasteiger partial charge < -0.3 is 19.7 Å². The summed E-state index contributed by atoms with van der Waals surface area (Å²) < 4.78 is 68.3. The maximum absolute atomic E-state index is 15.5. The van der Waals surface area contributed by atoms with Crippen LogP contribution in [0.25, 0.3) is 32.9 Å². The Kier molecular flexibility index (Phi) is 11.9. The molecule has 0 saturated carbocycles. The number of methoxy groups -OCH3 is 1. The first kappa shape index (κ1) is 44.5. The number of benzene rings is 2. The molecule has 1 N–H and O–H groups in total. The summed E-state index contributed by atoms with van der Waals surface area (Å²) in [6.45, 7) is 14.9. The minimum atomic E-state index is -0.755. The molecule has 0 radical (unpaired) electrons. The Morgan fingerprint density at radius 3 is 1.88 bits per heavy atom. The van der Waals surface area contributed by atoms with Crippen LogP contribution in [-0.4, -0.2) is 78.3 Å². The first-order chi connectivity index (χ1) is 30.3. The number of morpholine rings is 1. The Hall–Kier alpha value is -6.13. The fourth-order valence-electron chi connectivity index (χ4n) is 8.52. The predicted octanol–water partition coefficient (Wildman–Crippen LogP) is 9.87. The largest absolute Gasteiger partial charge is 0.495 e. The molecule has 2 aromatic carbocycles. The van der Waals surface area contributed by atoms with Gasteiger partial charge in [-0.25, -0.2) is 32.5 Å². The Bertz CT molecular complexity index is 2860. The van der Waals surface area contributed by atoms with Gasteiger partial charge in [0.15, 0.2) is 0 Å². The van der Waals surface area contributed by atoms with Crippen molar-refractivity contribution in [2.45, 2.75) is 54.4 Å². The first-order valence-corrected chi connectivity index (χ1v) is 21.1. The van der Waals surface area contributed by atoms with E-state index in [1.807, 2.05) is 39.8 Å². The maximum Gasteiger partial charge on any atom is 0.228 e. The number of pyridine rings is 4. The topological polar surface area (TPSA) is 126 Å². The second-order valence-electron chi connectivity index (χ2n) is 17.9. The van der Waals surface area contributed by atoms with Crippen molar-refractivity contribution >= 4 is 74.0 Å². The van der Waals surface area contributed by atoms with E-state index in [1.165, 1.54) is 6.07 Å². The quantitative estimate of drug-likeness (QED) is 0.155. The van der Waals surface area contributed by atoms with Crippen LogP contribution in [0.4, 0.5) is 46.4 Å². The van der Waals surface area contributed by atoms with E-state index in [9.17, 15) is 22.8 Å². The number of hydrogen-bond acceptors (Lipinski definition) is 10. The molecule has 2 amide bonds. The lowest BCUT2D eigenvalue weighted by Gasteiger charge is -2.29. The summed E-state index contributed by atoms with van der Waals surface area (Å²) >= 11 is 6.25. The third-order valence-corrected chi connectivity index (χ3v) is 12.1. The van der Waals surface area contributed by atoms with Gasteiger partial charge in [0.2, 0.25) is 11.8 Å². The smallest absolute Gasteiger partial charge is 0.228 e. The van der Waals surface area contributed by atoms with Gasteiger partial charge in [-0.2, -0.15) is 0 Å². The summed E-state index contributed by atoms with van der Waals surface area (Å²) in [7, 11) is 1.57. The van der Waals surface area contributed by atoms with Crippen molar-refractivity contribution in [2.24, 2.45) is 10.8 Å². The molecule has 64 heavy (non-hydrogen) atoms. The molecule has 4 aromatic heterocycles. The lowest BCUT2D eigenvalue weighted by Crippen LogP contribution is -2.36. The Morgan fingerprint density at radius 2 is 1.31 bits per heavy atom. The van der Waals surface area contributed by atoms with Crippen LogP contribution in [0.3, 0.4) is 0 Å². The molecule has 12 nitrogen and oxygen atoms in total. The van der Waals surface area contributed by atoms with Gasteiger partial charge in [0.25, 0.3) is 0 Å². The summed E-state index contributed by atoms with van der Waals surface area (Å²) in [4.78, 5) is 48.5. The van der Waals surface area contributed by atoms with Gasteiger partial charge in [-0.15, -0.1) is 0 Å². The summed E-state index contributed by atoms with van der Waals surface area (Å²) in [6.07, 6.45) is 5.81. The lowest BCUT2D eigenvalue weighted by molar-refractivity contribution is -0.118. The number of carbonyl (C=O) groups is 2. The highest BCUT2D eigenvalue weighted by Gasteiger charge is 2.40. The molecule has 3 saturated heterocycles. The molecule has 0 atom stereocenters. The van der Waals surface area contributed by atoms with Crippen molar-refractivity contribution in [3.63, 3.8) is 0 Å². The molecule has 9 rings (SSSR count). The Labute approximate surface area is 372 Å². The molecule has 0 spiro atoms. The zero-order valence-corrected chi connectivity index (χ0v) is 37.3. The lowest BCUT2D eigenvalue weighted by atomic mass is 9.93. The van der Waals surface area contributed by atoms with E-state index >= 15 is 4.39 Å². The van der Waals surface area contributed by atoms with Gasteiger partial charge >= 0.3 is 0 Å². The van der Waals surface area contributed by atoms with Crippen LogP contribution in [0.2, 0.25) is 5.02 Å². The molecular formula is C47H47ClF4N8O4. The molecule has 334 valence electrons. The summed E-state index contributed by atoms with van der Waals surface area (Å²) in [5.74, 6) is -1.09. The van der Waals surface area contributed by atoms with Crippen LogP contribution in [0, 0.1) is 47.9 Å². The average Bonchev–Trinajstić information content (AvgIpc) is 3.69. The zero-order valence-electron chi connectivity index (χ0n) is 36.5. The molecule has 3 fully saturated rings. The molecule has 7 heterocycles. The van der Waals surface area contributed by atoms with Crippen molar-refractivity contribution in [1.29, 1.82) is 0 Å². The fraction of sp³-hybridized carbons (Fsp3) is 0.362.